The summed E-state index contributed by atoms with van der Waals surface area (Å²) >= 11 is 3.58. The summed E-state index contributed by atoms with van der Waals surface area (Å²) in [6.07, 6.45) is 2.77. The second kappa shape index (κ2) is 6.14. The highest BCUT2D eigenvalue weighted by atomic mass is 79.9. The van der Waals surface area contributed by atoms with Crippen LogP contribution in [0.15, 0.2) is 0 Å². The summed E-state index contributed by atoms with van der Waals surface area (Å²) in [4.78, 5) is 8.40. The van der Waals surface area contributed by atoms with Gasteiger partial charge in [-0.05, 0) is 19.3 Å². The fourth-order valence-corrected chi connectivity index (χ4v) is 1.36. The molecule has 0 saturated heterocycles. The molecule has 3 nitrogen and oxygen atoms in total. The van der Waals surface area contributed by atoms with E-state index in [4.69, 9.17) is 4.89 Å². The summed E-state index contributed by atoms with van der Waals surface area (Å²) in [6.45, 7) is 4.52. The first kappa shape index (κ1) is 12.6. The van der Waals surface area contributed by atoms with Crippen molar-refractivity contribution in [2.45, 2.75) is 37.4 Å². The van der Waals surface area contributed by atoms with E-state index in [-0.39, 0.29) is 4.32 Å². The van der Waals surface area contributed by atoms with Crippen LogP contribution in [0.3, 0.4) is 0 Å². The zero-order chi connectivity index (χ0) is 9.61. The van der Waals surface area contributed by atoms with Crippen LogP contribution in [0.2, 0.25) is 0 Å². The quantitative estimate of drug-likeness (QED) is 0.589. The van der Waals surface area contributed by atoms with Crippen LogP contribution in [-0.4, -0.2) is 15.8 Å². The molecule has 0 bridgehead atoms. The lowest BCUT2D eigenvalue weighted by Gasteiger charge is -2.23. The van der Waals surface area contributed by atoms with Crippen molar-refractivity contribution >= 4 is 24.2 Å². The highest BCUT2D eigenvalue weighted by molar-refractivity contribution is 9.10. The average Bonchev–Trinajstić information content (AvgIpc) is 2.03. The molecule has 12 heavy (non-hydrogen) atoms. The smallest absolute Gasteiger partial charge is 0.316 e. The number of alkyl halides is 1. The maximum Gasteiger partial charge on any atom is 0.316 e. The van der Waals surface area contributed by atoms with E-state index >= 15 is 0 Å². The molecule has 0 rings (SSSR count). The van der Waals surface area contributed by atoms with Gasteiger partial charge in [0.05, 0.1) is 6.61 Å². The summed E-state index contributed by atoms with van der Waals surface area (Å²) in [6, 6.07) is 0. The molecule has 0 aliphatic rings. The van der Waals surface area contributed by atoms with E-state index in [2.05, 4.69) is 34.3 Å². The van der Waals surface area contributed by atoms with Gasteiger partial charge in [0.2, 0.25) is 0 Å². The Bertz CT molecular complexity index is 148. The number of halogens is 1. The molecular weight excluding hydrogens is 243 g/mol. The van der Waals surface area contributed by atoms with Gasteiger partial charge in [-0.15, -0.1) is 0 Å². The number of hydrogen-bond donors (Lipinski definition) is 1. The van der Waals surface area contributed by atoms with E-state index in [0.717, 1.165) is 19.3 Å². The van der Waals surface area contributed by atoms with Crippen LogP contribution < -0.4 is 0 Å². The zero-order valence-electron chi connectivity index (χ0n) is 7.47. The molecule has 0 saturated carbocycles. The molecule has 0 aliphatic carbocycles. The van der Waals surface area contributed by atoms with E-state index < -0.39 is 8.25 Å². The summed E-state index contributed by atoms with van der Waals surface area (Å²) < 4.78 is 14.9. The first-order valence-electron chi connectivity index (χ1n) is 4.08. The topological polar surface area (TPSA) is 46.5 Å². The highest BCUT2D eigenvalue weighted by Gasteiger charge is 2.21. The van der Waals surface area contributed by atoms with Gasteiger partial charge in [0.1, 0.15) is 0 Å². The predicted molar refractivity (Wildman–Crippen MR) is 54.0 cm³/mol. The maximum absolute atomic E-state index is 10.2. The van der Waals surface area contributed by atoms with E-state index in [1.165, 1.54) is 0 Å². The molecule has 0 aromatic heterocycles. The van der Waals surface area contributed by atoms with Crippen molar-refractivity contribution in [3.05, 3.63) is 0 Å². The van der Waals surface area contributed by atoms with E-state index in [9.17, 15) is 4.57 Å². The summed E-state index contributed by atoms with van der Waals surface area (Å²) in [5, 5.41) is 0. The molecule has 0 spiro atoms. The second-order valence-corrected chi connectivity index (χ2v) is 5.23. The van der Waals surface area contributed by atoms with Gasteiger partial charge in [-0.2, -0.15) is 0 Å². The van der Waals surface area contributed by atoms with Gasteiger partial charge in [0.15, 0.2) is 0 Å². The lowest BCUT2D eigenvalue weighted by atomic mass is 10.00. The fraction of sp³-hybridized carbons (Fsp3) is 1.00. The Morgan fingerprint density at radius 1 is 1.50 bits per heavy atom. The van der Waals surface area contributed by atoms with Gasteiger partial charge in [-0.3, -0.25) is 4.57 Å². The largest absolute Gasteiger partial charge is 0.326 e. The number of hydrogen-bond acceptors (Lipinski definition) is 2. The maximum atomic E-state index is 10.2. The SMILES string of the molecule is CCC(Br)(CC)CCO[PH](=O)O. The first-order valence-corrected chi connectivity index (χ1v) is 6.14. The van der Waals surface area contributed by atoms with Gasteiger partial charge in [-0.1, -0.05) is 29.8 Å². The summed E-state index contributed by atoms with van der Waals surface area (Å²) in [7, 11) is -2.74. The highest BCUT2D eigenvalue weighted by Crippen LogP contribution is 2.31. The molecule has 5 heteroatoms. The van der Waals surface area contributed by atoms with Gasteiger partial charge in [0, 0.05) is 4.32 Å². The molecule has 1 N–H and O–H groups in total. The zero-order valence-corrected chi connectivity index (χ0v) is 10.1. The van der Waals surface area contributed by atoms with E-state index in [1.54, 1.807) is 0 Å². The molecule has 0 aromatic rings. The van der Waals surface area contributed by atoms with Crippen LogP contribution in [0.4, 0.5) is 0 Å². The second-order valence-electron chi connectivity index (χ2n) is 2.72. The Kier molecular flexibility index (Phi) is 6.46. The minimum absolute atomic E-state index is 0.0737. The molecule has 0 aromatic carbocycles. The van der Waals surface area contributed by atoms with Crippen molar-refractivity contribution in [2.24, 2.45) is 0 Å². The third kappa shape index (κ3) is 5.31. The fourth-order valence-electron chi connectivity index (χ4n) is 0.925. The Labute approximate surface area is 82.6 Å². The Morgan fingerprint density at radius 3 is 2.33 bits per heavy atom. The van der Waals surface area contributed by atoms with Crippen molar-refractivity contribution in [1.29, 1.82) is 0 Å². The molecule has 0 aliphatic heterocycles. The van der Waals surface area contributed by atoms with Crippen molar-refractivity contribution < 1.29 is 14.0 Å². The molecule has 1 unspecified atom stereocenters. The minimum Gasteiger partial charge on any atom is -0.326 e. The minimum atomic E-state index is -2.74. The molecular formula is C7H16BrO3P. The van der Waals surface area contributed by atoms with Crippen LogP contribution in [0.25, 0.3) is 0 Å². The lowest BCUT2D eigenvalue weighted by molar-refractivity contribution is 0.261. The molecule has 0 heterocycles. The molecule has 1 atom stereocenters. The third-order valence-electron chi connectivity index (χ3n) is 2.04. The van der Waals surface area contributed by atoms with Gasteiger partial charge >= 0.3 is 8.25 Å². The Balaban J connectivity index is 3.65. The third-order valence-corrected chi connectivity index (χ3v) is 4.01. The van der Waals surface area contributed by atoms with Crippen LogP contribution >= 0.6 is 24.2 Å². The number of rotatable bonds is 6. The van der Waals surface area contributed by atoms with Crippen LogP contribution in [0.5, 0.6) is 0 Å². The standard InChI is InChI=1S/C7H16BrO3P/c1-3-7(8,4-2)5-6-11-12(9)10/h12H,3-6H2,1-2H3,(H,9,10). The van der Waals surface area contributed by atoms with Gasteiger partial charge < -0.3 is 9.42 Å². The van der Waals surface area contributed by atoms with Gasteiger partial charge in [-0.25, -0.2) is 0 Å². The van der Waals surface area contributed by atoms with Gasteiger partial charge in [0.25, 0.3) is 0 Å². The van der Waals surface area contributed by atoms with Crippen LogP contribution in [0.1, 0.15) is 33.1 Å². The lowest BCUT2D eigenvalue weighted by Crippen LogP contribution is -2.19. The normalized spacial score (nSPS) is 14.7. The average molecular weight is 259 g/mol. The first-order chi connectivity index (χ1) is 5.54. The molecule has 0 radical (unpaired) electrons. The van der Waals surface area contributed by atoms with Crippen molar-refractivity contribution in [3.8, 4) is 0 Å². The van der Waals surface area contributed by atoms with Crippen molar-refractivity contribution in [2.75, 3.05) is 6.61 Å². The van der Waals surface area contributed by atoms with E-state index in [0.29, 0.717) is 6.61 Å². The monoisotopic (exact) mass is 258 g/mol. The van der Waals surface area contributed by atoms with E-state index in [1.807, 2.05) is 0 Å². The molecule has 0 amide bonds. The van der Waals surface area contributed by atoms with Crippen LogP contribution in [-0.2, 0) is 9.09 Å². The predicted octanol–water partition coefficient (Wildman–Crippen LogP) is 2.73. The Morgan fingerprint density at radius 2 is 2.00 bits per heavy atom. The van der Waals surface area contributed by atoms with Crippen molar-refractivity contribution in [1.82, 2.24) is 0 Å². The Hall–Kier alpha value is 0.630. The molecule has 0 fully saturated rings. The summed E-state index contributed by atoms with van der Waals surface area (Å²) in [5.41, 5.74) is 0. The van der Waals surface area contributed by atoms with Crippen LogP contribution in [0, 0.1) is 0 Å². The van der Waals surface area contributed by atoms with Crippen molar-refractivity contribution in [3.63, 3.8) is 0 Å². The summed E-state index contributed by atoms with van der Waals surface area (Å²) in [5.74, 6) is 0. The molecule has 74 valence electrons.